The van der Waals surface area contributed by atoms with Gasteiger partial charge in [0.2, 0.25) is 0 Å². The lowest BCUT2D eigenvalue weighted by Gasteiger charge is -2.05. The van der Waals surface area contributed by atoms with Crippen molar-refractivity contribution in [2.45, 2.75) is 0 Å². The van der Waals surface area contributed by atoms with E-state index >= 15 is 0 Å². The van der Waals surface area contributed by atoms with Crippen LogP contribution >= 0.6 is 0 Å². The predicted octanol–water partition coefficient (Wildman–Crippen LogP) is 0.872. The van der Waals surface area contributed by atoms with Gasteiger partial charge >= 0.3 is 0 Å². The average molecular weight is 182 g/mol. The molecule has 1 aromatic rings. The van der Waals surface area contributed by atoms with Gasteiger partial charge in [0.05, 0.1) is 12.4 Å². The van der Waals surface area contributed by atoms with Crippen molar-refractivity contribution in [3.05, 3.63) is 24.0 Å². The molecule has 0 aliphatic carbocycles. The highest BCUT2D eigenvalue weighted by Gasteiger charge is 1.99. The van der Waals surface area contributed by atoms with Gasteiger partial charge in [-0.2, -0.15) is 0 Å². The number of oxime groups is 1. The molecule has 0 radical (unpaired) electrons. The molecule has 0 saturated carbocycles. The summed E-state index contributed by atoms with van der Waals surface area (Å²) in [4.78, 5) is 3.86. The van der Waals surface area contributed by atoms with Crippen LogP contribution in [0.2, 0.25) is 0 Å². The molecule has 13 heavy (non-hydrogen) atoms. The minimum atomic E-state index is 0.137. The van der Waals surface area contributed by atoms with Crippen LogP contribution in [0.3, 0.4) is 0 Å². The summed E-state index contributed by atoms with van der Waals surface area (Å²) in [7, 11) is 1.52. The van der Waals surface area contributed by atoms with Crippen LogP contribution in [0.15, 0.2) is 23.6 Å². The molecule has 70 valence electrons. The second-order valence-electron chi connectivity index (χ2n) is 2.21. The first-order chi connectivity index (χ1) is 6.38. The van der Waals surface area contributed by atoms with Crippen molar-refractivity contribution in [1.82, 2.24) is 4.98 Å². The Labute approximate surface area is 75.6 Å². The smallest absolute Gasteiger partial charge is 0.188 e. The summed E-state index contributed by atoms with van der Waals surface area (Å²) in [6.45, 7) is 0.137. The number of aromatic nitrogens is 1. The van der Waals surface area contributed by atoms with E-state index in [0.29, 0.717) is 11.3 Å². The molecule has 0 bridgehead atoms. The van der Waals surface area contributed by atoms with Gasteiger partial charge in [-0.1, -0.05) is 5.16 Å². The van der Waals surface area contributed by atoms with Crippen LogP contribution in [0.4, 0.5) is 0 Å². The summed E-state index contributed by atoms with van der Waals surface area (Å²) in [5, 5.41) is 11.2. The monoisotopic (exact) mass is 182 g/mol. The Kier molecular flexibility index (Phi) is 3.72. The lowest BCUT2D eigenvalue weighted by Crippen LogP contribution is -2.01. The van der Waals surface area contributed by atoms with Gasteiger partial charge in [0.15, 0.2) is 6.79 Å². The van der Waals surface area contributed by atoms with Gasteiger partial charge in [-0.25, -0.2) is 0 Å². The molecular formula is C8H10N2O3. The number of methoxy groups -OCH3 is 1. The second-order valence-corrected chi connectivity index (χ2v) is 2.21. The van der Waals surface area contributed by atoms with E-state index in [-0.39, 0.29) is 6.79 Å². The molecule has 0 amide bonds. The van der Waals surface area contributed by atoms with Crippen LogP contribution in [0, 0.1) is 0 Å². The number of nitrogens with zero attached hydrogens (tertiary/aromatic N) is 2. The summed E-state index contributed by atoms with van der Waals surface area (Å²) in [6.07, 6.45) is 4.37. The first-order valence-corrected chi connectivity index (χ1v) is 3.61. The average Bonchev–Trinajstić information content (AvgIpc) is 2.17. The van der Waals surface area contributed by atoms with E-state index in [1.54, 1.807) is 12.3 Å². The van der Waals surface area contributed by atoms with E-state index < -0.39 is 0 Å². The largest absolute Gasteiger partial charge is 0.465 e. The van der Waals surface area contributed by atoms with Crippen molar-refractivity contribution < 1.29 is 14.7 Å². The molecule has 0 fully saturated rings. The molecular weight excluding hydrogens is 172 g/mol. The Morgan fingerprint density at radius 1 is 1.69 bits per heavy atom. The van der Waals surface area contributed by atoms with Gasteiger partial charge < -0.3 is 14.7 Å². The van der Waals surface area contributed by atoms with Gasteiger partial charge in [-0.05, 0) is 6.07 Å². The van der Waals surface area contributed by atoms with Crippen molar-refractivity contribution >= 4 is 6.21 Å². The predicted molar refractivity (Wildman–Crippen MR) is 46.1 cm³/mol. The fraction of sp³-hybridized carbons (Fsp3) is 0.250. The Hall–Kier alpha value is -1.62. The van der Waals surface area contributed by atoms with Crippen molar-refractivity contribution in [2.75, 3.05) is 13.9 Å². The molecule has 0 unspecified atom stereocenters. The van der Waals surface area contributed by atoms with Gasteiger partial charge in [0.1, 0.15) is 5.75 Å². The quantitative estimate of drug-likeness (QED) is 0.325. The molecule has 5 heteroatoms. The highest BCUT2D eigenvalue weighted by atomic mass is 16.7. The van der Waals surface area contributed by atoms with E-state index in [1.807, 2.05) is 0 Å². The molecule has 1 rings (SSSR count). The van der Waals surface area contributed by atoms with Gasteiger partial charge in [-0.15, -0.1) is 0 Å². The van der Waals surface area contributed by atoms with E-state index in [9.17, 15) is 0 Å². The third-order valence-electron chi connectivity index (χ3n) is 1.35. The molecule has 0 atom stereocenters. The summed E-state index contributed by atoms with van der Waals surface area (Å²) >= 11 is 0. The van der Waals surface area contributed by atoms with Crippen LogP contribution in [0.25, 0.3) is 0 Å². The minimum absolute atomic E-state index is 0.137. The molecule has 0 aliphatic rings. The van der Waals surface area contributed by atoms with Crippen LogP contribution in [0.5, 0.6) is 5.75 Å². The highest BCUT2D eigenvalue weighted by molar-refractivity contribution is 5.82. The summed E-state index contributed by atoms with van der Waals surface area (Å²) in [5.41, 5.74) is 0.648. The normalized spacial score (nSPS) is 10.5. The second kappa shape index (κ2) is 5.10. The van der Waals surface area contributed by atoms with Crippen molar-refractivity contribution in [2.24, 2.45) is 5.16 Å². The van der Waals surface area contributed by atoms with E-state index in [0.717, 1.165) is 0 Å². The molecule has 1 aromatic heterocycles. The van der Waals surface area contributed by atoms with E-state index in [1.165, 1.54) is 19.5 Å². The van der Waals surface area contributed by atoms with Crippen LogP contribution in [-0.4, -0.2) is 30.3 Å². The fourth-order valence-corrected chi connectivity index (χ4v) is 0.803. The SMILES string of the molecule is COCOc1cnccc1C=NO. The lowest BCUT2D eigenvalue weighted by atomic mass is 10.3. The number of pyridine rings is 1. The molecule has 5 nitrogen and oxygen atoms in total. The summed E-state index contributed by atoms with van der Waals surface area (Å²) in [5.74, 6) is 0.516. The number of hydrogen-bond donors (Lipinski definition) is 1. The van der Waals surface area contributed by atoms with Crippen LogP contribution in [0.1, 0.15) is 5.56 Å². The number of ether oxygens (including phenoxy) is 2. The van der Waals surface area contributed by atoms with Crippen molar-refractivity contribution in [3.8, 4) is 5.75 Å². The van der Waals surface area contributed by atoms with Gasteiger partial charge in [0, 0.05) is 18.9 Å². The molecule has 1 heterocycles. The van der Waals surface area contributed by atoms with E-state index in [4.69, 9.17) is 14.7 Å². The maximum absolute atomic E-state index is 8.33. The fourth-order valence-electron chi connectivity index (χ4n) is 0.803. The minimum Gasteiger partial charge on any atom is -0.465 e. The molecule has 0 saturated heterocycles. The van der Waals surface area contributed by atoms with Gasteiger partial charge in [0.25, 0.3) is 0 Å². The van der Waals surface area contributed by atoms with E-state index in [2.05, 4.69) is 10.1 Å². The zero-order valence-corrected chi connectivity index (χ0v) is 7.17. The maximum atomic E-state index is 8.33. The Morgan fingerprint density at radius 2 is 2.54 bits per heavy atom. The zero-order valence-electron chi connectivity index (χ0n) is 7.17. The summed E-state index contributed by atoms with van der Waals surface area (Å²) in [6, 6.07) is 1.67. The topological polar surface area (TPSA) is 63.9 Å². The first kappa shape index (κ1) is 9.47. The number of hydrogen-bond acceptors (Lipinski definition) is 5. The van der Waals surface area contributed by atoms with Crippen molar-refractivity contribution in [1.29, 1.82) is 0 Å². The molecule has 0 aliphatic heterocycles. The maximum Gasteiger partial charge on any atom is 0.188 e. The standard InChI is InChI=1S/C8H10N2O3/c1-12-6-13-8-5-9-3-2-7(8)4-10-11/h2-5,11H,6H2,1H3. The molecule has 1 N–H and O–H groups in total. The Balaban J connectivity index is 2.78. The third-order valence-corrected chi connectivity index (χ3v) is 1.35. The lowest BCUT2D eigenvalue weighted by molar-refractivity contribution is 0.0507. The van der Waals surface area contributed by atoms with Crippen LogP contribution in [-0.2, 0) is 4.74 Å². The molecule has 0 spiro atoms. The Morgan fingerprint density at radius 3 is 3.23 bits per heavy atom. The highest BCUT2D eigenvalue weighted by Crippen LogP contribution is 2.13. The third kappa shape index (κ3) is 2.72. The first-order valence-electron chi connectivity index (χ1n) is 3.61. The van der Waals surface area contributed by atoms with Gasteiger partial charge in [-0.3, -0.25) is 4.98 Å². The molecule has 0 aromatic carbocycles. The Bertz CT molecular complexity index is 288. The van der Waals surface area contributed by atoms with Crippen LogP contribution < -0.4 is 4.74 Å². The zero-order chi connectivity index (χ0) is 9.52. The number of rotatable bonds is 4. The summed E-state index contributed by atoms with van der Waals surface area (Å²) < 4.78 is 9.87. The van der Waals surface area contributed by atoms with Crippen molar-refractivity contribution in [3.63, 3.8) is 0 Å².